The summed E-state index contributed by atoms with van der Waals surface area (Å²) in [5.74, 6) is -5.47. The van der Waals surface area contributed by atoms with E-state index in [9.17, 15) is 19.2 Å². The standard InChI is InChI=1S/C46H45F3N14O4S/c1-57-37-21-35(51-22-30(37)42(56-57)62-13-9-38(64)53-45(62)67)32-8-12-58(25-46(32,48)49)24-39(65)60-16-14-59(15-17-60)29-6-4-27(5-7-29)28-19-33(47)31-23-63(55-34(31)20-28)41(43(66)54-44-50-10-18-68-44)40-36-3-2-11-61(36)26-52-40/h4-7,10,18-23,26,32,41H,2-3,8-9,11-17,24-25H2,1H3,(H,50,54,66)(H,53,64,67). The molecular weight excluding hydrogens is 902 g/mol. The van der Waals surface area contributed by atoms with E-state index in [2.05, 4.69) is 35.6 Å². The van der Waals surface area contributed by atoms with Crippen molar-refractivity contribution in [1.29, 1.82) is 0 Å². The normalized spacial score (nSPS) is 19.2. The molecule has 4 aliphatic heterocycles. The fraction of sp³-hybridized carbons (Fsp3) is 0.370. The number of pyridine rings is 1. The van der Waals surface area contributed by atoms with Crippen LogP contribution in [-0.4, -0.2) is 131 Å². The Bertz CT molecular complexity index is 3110. The molecule has 2 atom stereocenters. The number of aromatic nitrogens is 8. The van der Waals surface area contributed by atoms with E-state index in [0.717, 1.165) is 36.3 Å². The number of imidazole rings is 1. The van der Waals surface area contributed by atoms with Crippen LogP contribution in [0.4, 0.5) is 34.6 Å². The van der Waals surface area contributed by atoms with E-state index in [1.165, 1.54) is 42.8 Å². The van der Waals surface area contributed by atoms with E-state index in [1.807, 2.05) is 28.8 Å². The maximum atomic E-state index is 15.9. The van der Waals surface area contributed by atoms with Crippen molar-refractivity contribution in [2.24, 2.45) is 7.05 Å². The number of fused-ring (bicyclic) bond motifs is 3. The number of piperidine rings is 1. The number of benzene rings is 2. The van der Waals surface area contributed by atoms with Gasteiger partial charge in [-0.3, -0.25) is 49.2 Å². The van der Waals surface area contributed by atoms with E-state index in [1.54, 1.807) is 48.2 Å². The maximum absolute atomic E-state index is 15.9. The Morgan fingerprint density at radius 2 is 1.76 bits per heavy atom. The zero-order valence-electron chi connectivity index (χ0n) is 36.8. The summed E-state index contributed by atoms with van der Waals surface area (Å²) < 4.78 is 52.6. The third-order valence-electron chi connectivity index (χ3n) is 13.5. The third-order valence-corrected chi connectivity index (χ3v) is 14.1. The van der Waals surface area contributed by atoms with Crippen LogP contribution in [-0.2, 0) is 34.4 Å². The highest BCUT2D eigenvalue weighted by molar-refractivity contribution is 7.13. The van der Waals surface area contributed by atoms with Crippen LogP contribution in [0, 0.1) is 5.82 Å². The van der Waals surface area contributed by atoms with Gasteiger partial charge in [0, 0.05) is 88.1 Å². The van der Waals surface area contributed by atoms with Gasteiger partial charge in [0.2, 0.25) is 11.8 Å². The second-order valence-corrected chi connectivity index (χ2v) is 18.6. The number of imide groups is 1. The van der Waals surface area contributed by atoms with Crippen LogP contribution >= 0.6 is 11.3 Å². The van der Waals surface area contributed by atoms with Gasteiger partial charge in [-0.25, -0.2) is 27.9 Å². The van der Waals surface area contributed by atoms with Gasteiger partial charge in [-0.1, -0.05) is 12.1 Å². The number of rotatable bonds is 10. The van der Waals surface area contributed by atoms with Gasteiger partial charge in [-0.15, -0.1) is 11.3 Å². The number of hydrogen-bond donors (Lipinski definition) is 2. The fourth-order valence-electron chi connectivity index (χ4n) is 9.95. The Morgan fingerprint density at radius 3 is 2.53 bits per heavy atom. The fourth-order valence-corrected chi connectivity index (χ4v) is 10.5. The molecule has 68 heavy (non-hydrogen) atoms. The third kappa shape index (κ3) is 7.99. The first-order valence-corrected chi connectivity index (χ1v) is 23.3. The molecule has 2 N–H and O–H groups in total. The molecule has 4 aliphatic rings. The number of piperazine rings is 1. The van der Waals surface area contributed by atoms with E-state index < -0.39 is 36.3 Å². The summed E-state index contributed by atoms with van der Waals surface area (Å²) in [4.78, 5) is 71.4. The van der Waals surface area contributed by atoms with Crippen LogP contribution < -0.4 is 20.4 Å². The number of halogens is 3. The largest absolute Gasteiger partial charge is 0.368 e. The van der Waals surface area contributed by atoms with Gasteiger partial charge in [-0.05, 0) is 67.3 Å². The number of nitrogens with zero attached hydrogens (tertiary/aromatic N) is 12. The lowest BCUT2D eigenvalue weighted by atomic mass is 9.89. The minimum Gasteiger partial charge on any atom is -0.368 e. The SMILES string of the molecule is Cn1nc(N2CCC(=O)NC2=O)c2cnc(C3CCN(CC(=O)N4CCN(c5ccc(-c6cc(F)c7cn(C(C(=O)Nc8nccs8)c8ncn9c8CCC9)nc7c6)cc5)CC4)CC3(F)F)cc21. The second kappa shape index (κ2) is 17.1. The maximum Gasteiger partial charge on any atom is 0.329 e. The van der Waals surface area contributed by atoms with Gasteiger partial charge >= 0.3 is 6.03 Å². The average molecular weight is 947 g/mol. The predicted octanol–water partition coefficient (Wildman–Crippen LogP) is 5.17. The van der Waals surface area contributed by atoms with Crippen molar-refractivity contribution in [2.45, 2.75) is 50.1 Å². The highest BCUT2D eigenvalue weighted by atomic mass is 32.1. The van der Waals surface area contributed by atoms with Crippen molar-refractivity contribution in [3.63, 3.8) is 0 Å². The molecule has 0 bridgehead atoms. The molecule has 3 saturated heterocycles. The molecule has 2 aromatic carbocycles. The van der Waals surface area contributed by atoms with E-state index in [4.69, 9.17) is 5.10 Å². The second-order valence-electron chi connectivity index (χ2n) is 17.7. The van der Waals surface area contributed by atoms with Crippen LogP contribution in [0.5, 0.6) is 0 Å². The number of nitrogens with one attached hydrogen (secondary N) is 2. The lowest BCUT2D eigenvalue weighted by Gasteiger charge is -2.40. The van der Waals surface area contributed by atoms with Crippen LogP contribution in [0.3, 0.4) is 0 Å². The van der Waals surface area contributed by atoms with Crippen molar-refractivity contribution in [1.82, 2.24) is 54.2 Å². The van der Waals surface area contributed by atoms with Crippen molar-refractivity contribution in [3.05, 3.63) is 95.7 Å². The van der Waals surface area contributed by atoms with Gasteiger partial charge in [-0.2, -0.15) is 10.2 Å². The van der Waals surface area contributed by atoms with Crippen molar-refractivity contribution in [3.8, 4) is 11.1 Å². The monoisotopic (exact) mass is 946 g/mol. The number of alkyl halides is 2. The molecule has 0 saturated carbocycles. The number of aryl methyl sites for hydroxylation is 2. The van der Waals surface area contributed by atoms with E-state index in [0.29, 0.717) is 64.8 Å². The minimum absolute atomic E-state index is 0.0922. The lowest BCUT2D eigenvalue weighted by molar-refractivity contribution is -0.136. The van der Waals surface area contributed by atoms with Crippen molar-refractivity contribution < 1.29 is 32.3 Å². The molecule has 11 rings (SSSR count). The number of carbonyl (C=O) groups excluding carboxylic acids is 4. The Kier molecular flexibility index (Phi) is 10.9. The number of carbonyl (C=O) groups is 4. The molecule has 0 spiro atoms. The number of thiazole rings is 1. The topological polar surface area (TPSA) is 185 Å². The van der Waals surface area contributed by atoms with Gasteiger partial charge in [0.1, 0.15) is 5.82 Å². The summed E-state index contributed by atoms with van der Waals surface area (Å²) >= 11 is 1.30. The quantitative estimate of drug-likeness (QED) is 0.185. The smallest absolute Gasteiger partial charge is 0.329 e. The summed E-state index contributed by atoms with van der Waals surface area (Å²) in [5, 5.41) is 17.3. The molecule has 22 heteroatoms. The first-order chi connectivity index (χ1) is 32.9. The molecule has 18 nitrogen and oxygen atoms in total. The van der Waals surface area contributed by atoms with Crippen LogP contribution in [0.15, 0.2) is 72.8 Å². The number of urea groups is 1. The van der Waals surface area contributed by atoms with Gasteiger partial charge < -0.3 is 14.4 Å². The van der Waals surface area contributed by atoms with Gasteiger partial charge in [0.25, 0.3) is 11.8 Å². The number of hydrogen-bond acceptors (Lipinski definition) is 12. The molecule has 0 aliphatic carbocycles. The Labute approximate surface area is 390 Å². The molecule has 3 fully saturated rings. The Balaban J connectivity index is 0.713. The molecule has 7 aromatic rings. The first kappa shape index (κ1) is 43.4. The number of likely N-dealkylation sites (tertiary alicyclic amines) is 1. The van der Waals surface area contributed by atoms with E-state index in [-0.39, 0.29) is 61.3 Å². The highest BCUT2D eigenvalue weighted by Gasteiger charge is 2.47. The summed E-state index contributed by atoms with van der Waals surface area (Å²) in [5.41, 5.74) is 4.98. The molecule has 5 amide bonds. The molecule has 350 valence electrons. The summed E-state index contributed by atoms with van der Waals surface area (Å²) in [6, 6.07) is 11.0. The summed E-state index contributed by atoms with van der Waals surface area (Å²) in [7, 11) is 1.66. The summed E-state index contributed by atoms with van der Waals surface area (Å²) in [6.45, 7) is 2.47. The van der Waals surface area contributed by atoms with Gasteiger partial charge in [0.15, 0.2) is 17.0 Å². The summed E-state index contributed by atoms with van der Waals surface area (Å²) in [6.07, 6.45) is 8.27. The molecule has 2 unspecified atom stereocenters. The van der Waals surface area contributed by atoms with Crippen LogP contribution in [0.25, 0.3) is 32.9 Å². The molecular formula is C46H45F3N14O4S. The highest BCUT2D eigenvalue weighted by Crippen LogP contribution is 2.41. The Hall–Kier alpha value is -7.20. The van der Waals surface area contributed by atoms with Crippen LogP contribution in [0.2, 0.25) is 0 Å². The van der Waals surface area contributed by atoms with Gasteiger partial charge in [0.05, 0.1) is 58.5 Å². The van der Waals surface area contributed by atoms with Crippen molar-refractivity contribution >= 4 is 73.5 Å². The van der Waals surface area contributed by atoms with Crippen molar-refractivity contribution in [2.75, 3.05) is 67.5 Å². The Morgan fingerprint density at radius 1 is 0.941 bits per heavy atom. The average Bonchev–Trinajstić information content (AvgIpc) is 4.18. The van der Waals surface area contributed by atoms with Crippen LogP contribution in [0.1, 0.15) is 48.3 Å². The number of anilines is 3. The minimum atomic E-state index is -3.16. The molecule has 0 radical (unpaired) electrons. The zero-order chi connectivity index (χ0) is 46.8. The molecule has 5 aromatic heterocycles. The number of amides is 5. The predicted molar refractivity (Wildman–Crippen MR) is 246 cm³/mol. The van der Waals surface area contributed by atoms with E-state index >= 15 is 13.2 Å². The zero-order valence-corrected chi connectivity index (χ0v) is 37.6. The first-order valence-electron chi connectivity index (χ1n) is 22.5. The lowest BCUT2D eigenvalue weighted by Crippen LogP contribution is -2.54. The molecule has 9 heterocycles.